The molecule has 5 heteroatoms. The van der Waals surface area contributed by atoms with Crippen molar-refractivity contribution in [3.63, 3.8) is 0 Å². The Hall–Kier alpha value is -2.17. The molecule has 19 heavy (non-hydrogen) atoms. The normalized spacial score (nSPS) is 11.6. The van der Waals surface area contributed by atoms with Gasteiger partial charge in [-0.15, -0.1) is 0 Å². The Labute approximate surface area is 111 Å². The summed E-state index contributed by atoms with van der Waals surface area (Å²) in [6.45, 7) is 2.07. The van der Waals surface area contributed by atoms with E-state index in [1.54, 1.807) is 12.1 Å². The number of hydrogen-bond acceptors (Lipinski definition) is 3. The van der Waals surface area contributed by atoms with Crippen LogP contribution >= 0.6 is 0 Å². The van der Waals surface area contributed by atoms with Crippen LogP contribution in [0.3, 0.4) is 0 Å². The lowest BCUT2D eigenvalue weighted by Crippen LogP contribution is -2.37. The van der Waals surface area contributed by atoms with Gasteiger partial charge in [-0.3, -0.25) is 9.59 Å². The van der Waals surface area contributed by atoms with Gasteiger partial charge in [-0.25, -0.2) is 4.79 Å². The Bertz CT molecular complexity index is 453. The van der Waals surface area contributed by atoms with E-state index in [0.717, 1.165) is 18.4 Å². The van der Waals surface area contributed by atoms with E-state index in [2.05, 4.69) is 12.2 Å². The van der Waals surface area contributed by atoms with E-state index in [1.165, 1.54) is 0 Å². The highest BCUT2D eigenvalue weighted by Gasteiger charge is 2.20. The largest absolute Gasteiger partial charge is 0.480 e. The zero-order chi connectivity index (χ0) is 14.3. The average molecular weight is 263 g/mol. The zero-order valence-electron chi connectivity index (χ0n) is 10.8. The maximum absolute atomic E-state index is 11.9. The lowest BCUT2D eigenvalue weighted by Gasteiger charge is -2.10. The van der Waals surface area contributed by atoms with E-state index in [4.69, 9.17) is 5.11 Å². The highest BCUT2D eigenvalue weighted by atomic mass is 16.4. The van der Waals surface area contributed by atoms with Crippen molar-refractivity contribution in [2.75, 3.05) is 0 Å². The van der Waals surface area contributed by atoms with Crippen LogP contribution in [0.1, 0.15) is 35.7 Å². The predicted molar refractivity (Wildman–Crippen MR) is 70.0 cm³/mol. The fraction of sp³-hybridized carbons (Fsp3) is 0.357. The quantitative estimate of drug-likeness (QED) is 0.548. The highest BCUT2D eigenvalue weighted by Crippen LogP contribution is 2.10. The summed E-state index contributed by atoms with van der Waals surface area (Å²) < 4.78 is 0. The van der Waals surface area contributed by atoms with Crippen LogP contribution in [0, 0.1) is 0 Å². The number of aliphatic carboxylic acids is 1. The smallest absolute Gasteiger partial charge is 0.326 e. The van der Waals surface area contributed by atoms with Gasteiger partial charge in [0.05, 0.1) is 0 Å². The molecular formula is C14H17NO4. The monoisotopic (exact) mass is 263 g/mol. The van der Waals surface area contributed by atoms with Crippen LogP contribution in [0.25, 0.3) is 0 Å². The molecule has 1 aromatic carbocycles. The third-order valence-electron chi connectivity index (χ3n) is 2.77. The molecule has 0 spiro atoms. The lowest BCUT2D eigenvalue weighted by atomic mass is 10.0. The van der Waals surface area contributed by atoms with Crippen molar-refractivity contribution in [3.05, 3.63) is 35.4 Å². The van der Waals surface area contributed by atoms with Gasteiger partial charge in [-0.05, 0) is 12.0 Å². The number of benzene rings is 1. The topological polar surface area (TPSA) is 83.5 Å². The lowest BCUT2D eigenvalue weighted by molar-refractivity contribution is -0.140. The second-order valence-electron chi connectivity index (χ2n) is 4.25. The molecule has 0 aliphatic rings. The Kier molecular flexibility index (Phi) is 5.73. The molecule has 0 bridgehead atoms. The van der Waals surface area contributed by atoms with E-state index >= 15 is 0 Å². The second kappa shape index (κ2) is 7.31. The van der Waals surface area contributed by atoms with E-state index in [9.17, 15) is 14.4 Å². The van der Waals surface area contributed by atoms with Crippen LogP contribution < -0.4 is 5.32 Å². The summed E-state index contributed by atoms with van der Waals surface area (Å²) in [5, 5.41) is 11.0. The molecule has 0 fully saturated rings. The third-order valence-corrected chi connectivity index (χ3v) is 2.77. The maximum atomic E-state index is 11.9. The number of carbonyl (C=O) groups is 3. The van der Waals surface area contributed by atoms with Crippen LogP contribution in [0.15, 0.2) is 24.3 Å². The number of rotatable bonds is 8. The van der Waals surface area contributed by atoms with E-state index < -0.39 is 12.0 Å². The second-order valence-corrected chi connectivity index (χ2v) is 4.25. The van der Waals surface area contributed by atoms with E-state index in [0.29, 0.717) is 5.56 Å². The number of hydrogen-bond donors (Lipinski definition) is 2. The number of ketones is 1. The minimum Gasteiger partial charge on any atom is -0.480 e. The van der Waals surface area contributed by atoms with Gasteiger partial charge in [0.15, 0.2) is 5.78 Å². The first-order valence-corrected chi connectivity index (χ1v) is 6.13. The molecule has 102 valence electrons. The fourth-order valence-electron chi connectivity index (χ4n) is 1.75. The molecule has 1 amide bonds. The molecule has 5 nitrogen and oxygen atoms in total. The van der Waals surface area contributed by atoms with E-state index in [1.807, 2.05) is 12.1 Å². The number of aryl methyl sites for hydroxylation is 1. The molecule has 0 aliphatic carbocycles. The molecule has 0 aliphatic heterocycles. The molecule has 0 heterocycles. The molecule has 0 aromatic heterocycles. The first kappa shape index (κ1) is 14.9. The van der Waals surface area contributed by atoms with Crippen molar-refractivity contribution < 1.29 is 19.5 Å². The molecule has 1 aromatic rings. The fourth-order valence-corrected chi connectivity index (χ4v) is 1.75. The highest BCUT2D eigenvalue weighted by molar-refractivity contribution is 5.99. The van der Waals surface area contributed by atoms with Crippen molar-refractivity contribution >= 4 is 18.2 Å². The van der Waals surface area contributed by atoms with Crippen LogP contribution in [-0.4, -0.2) is 29.3 Å². The molecule has 0 saturated heterocycles. The van der Waals surface area contributed by atoms with Crippen LogP contribution in [0.5, 0.6) is 0 Å². The van der Waals surface area contributed by atoms with Gasteiger partial charge in [0.25, 0.3) is 0 Å². The Morgan fingerprint density at radius 2 is 1.95 bits per heavy atom. The molecular weight excluding hydrogens is 246 g/mol. The number of nitrogens with one attached hydrogen (secondary N) is 1. The van der Waals surface area contributed by atoms with Crippen molar-refractivity contribution in [2.24, 2.45) is 0 Å². The molecule has 1 unspecified atom stereocenters. The molecule has 0 radical (unpaired) electrons. The zero-order valence-corrected chi connectivity index (χ0v) is 10.8. The number of carboxylic acids is 1. The van der Waals surface area contributed by atoms with Crippen molar-refractivity contribution in [2.45, 2.75) is 32.2 Å². The van der Waals surface area contributed by atoms with Gasteiger partial charge in [0, 0.05) is 12.0 Å². The minimum atomic E-state index is -1.22. The molecule has 1 atom stereocenters. The summed E-state index contributed by atoms with van der Waals surface area (Å²) in [5.74, 6) is -1.52. The predicted octanol–water partition coefficient (Wildman–Crippen LogP) is 1.41. The summed E-state index contributed by atoms with van der Waals surface area (Å²) in [7, 11) is 0. The van der Waals surface area contributed by atoms with Gasteiger partial charge in [0.1, 0.15) is 6.04 Å². The SMILES string of the molecule is CCCc1ccc(C(=O)CC(NC=O)C(=O)O)cc1. The number of amides is 1. The van der Waals surface area contributed by atoms with Crippen molar-refractivity contribution in [1.82, 2.24) is 5.32 Å². The summed E-state index contributed by atoms with van der Waals surface area (Å²) in [6, 6.07) is 5.92. The minimum absolute atomic E-state index is 0.249. The summed E-state index contributed by atoms with van der Waals surface area (Å²) >= 11 is 0. The summed E-state index contributed by atoms with van der Waals surface area (Å²) in [4.78, 5) is 33.0. The number of Topliss-reactive ketones (excluding diaryl/α,β-unsaturated/α-hetero) is 1. The van der Waals surface area contributed by atoms with Crippen LogP contribution in [-0.2, 0) is 16.0 Å². The van der Waals surface area contributed by atoms with Gasteiger partial charge < -0.3 is 10.4 Å². The first-order valence-electron chi connectivity index (χ1n) is 6.13. The summed E-state index contributed by atoms with van der Waals surface area (Å²) in [6.07, 6.45) is 2.01. The molecule has 2 N–H and O–H groups in total. The van der Waals surface area contributed by atoms with Crippen LogP contribution in [0.2, 0.25) is 0 Å². The number of carboxylic acid groups (broad SMARTS) is 1. The van der Waals surface area contributed by atoms with Crippen molar-refractivity contribution in [1.29, 1.82) is 0 Å². The molecule has 0 saturated carbocycles. The van der Waals surface area contributed by atoms with Gasteiger partial charge in [-0.2, -0.15) is 0 Å². The first-order chi connectivity index (χ1) is 9.08. The van der Waals surface area contributed by atoms with Gasteiger partial charge in [0.2, 0.25) is 6.41 Å². The number of carbonyl (C=O) groups excluding carboxylic acids is 2. The maximum Gasteiger partial charge on any atom is 0.326 e. The third kappa shape index (κ3) is 4.54. The van der Waals surface area contributed by atoms with Gasteiger partial charge in [-0.1, -0.05) is 37.6 Å². The van der Waals surface area contributed by atoms with Gasteiger partial charge >= 0.3 is 5.97 Å². The van der Waals surface area contributed by atoms with Crippen LogP contribution in [0.4, 0.5) is 0 Å². The summed E-state index contributed by atoms with van der Waals surface area (Å²) in [5.41, 5.74) is 1.60. The van der Waals surface area contributed by atoms with E-state index in [-0.39, 0.29) is 18.6 Å². The Morgan fingerprint density at radius 1 is 1.32 bits per heavy atom. The van der Waals surface area contributed by atoms with Crippen molar-refractivity contribution in [3.8, 4) is 0 Å². The Balaban J connectivity index is 2.71. The standard InChI is InChI=1S/C14H17NO4/c1-2-3-10-4-6-11(7-5-10)13(17)8-12(14(18)19)15-9-16/h4-7,9,12H,2-3,8H2,1H3,(H,15,16)(H,18,19). The Morgan fingerprint density at radius 3 is 2.42 bits per heavy atom. The molecule has 1 rings (SSSR count). The average Bonchev–Trinajstić information content (AvgIpc) is 2.39.